The van der Waals surface area contributed by atoms with Crippen LogP contribution in [0.2, 0.25) is 0 Å². The first-order valence-corrected chi connectivity index (χ1v) is 9.53. The molecule has 148 valence electrons. The van der Waals surface area contributed by atoms with Crippen molar-refractivity contribution in [3.8, 4) is 0 Å². The SMILES string of the molecule is Cc1cc(Nc2cnccn2)nc(C2CCCCN2C(=O)/C=C/CN(C)C)n1. The van der Waals surface area contributed by atoms with Gasteiger partial charge in [0.15, 0.2) is 5.82 Å². The Bertz CT molecular complexity index is 823. The number of aromatic nitrogens is 4. The Hall–Kier alpha value is -2.87. The first-order valence-electron chi connectivity index (χ1n) is 9.53. The molecule has 0 saturated carbocycles. The van der Waals surface area contributed by atoms with Crippen LogP contribution in [0.4, 0.5) is 11.6 Å². The van der Waals surface area contributed by atoms with Gasteiger partial charge in [-0.25, -0.2) is 15.0 Å². The van der Waals surface area contributed by atoms with E-state index in [-0.39, 0.29) is 11.9 Å². The van der Waals surface area contributed by atoms with E-state index >= 15 is 0 Å². The molecule has 1 fully saturated rings. The predicted octanol–water partition coefficient (Wildman–Crippen LogP) is 2.49. The molecule has 2 aromatic heterocycles. The van der Waals surface area contributed by atoms with Gasteiger partial charge in [-0.1, -0.05) is 6.08 Å². The first kappa shape index (κ1) is 19.9. The standard InChI is InChI=1S/C20H27N7O/c1-15-13-17(24-18-14-21-9-10-22-18)25-20(23-15)16-7-4-5-12-27(16)19(28)8-6-11-26(2)3/h6,8-10,13-14,16H,4-5,7,11-12H2,1-3H3,(H,22,23,24,25)/b8-6+. The normalized spacial score (nSPS) is 17.3. The Morgan fingerprint density at radius 3 is 2.89 bits per heavy atom. The molecule has 1 saturated heterocycles. The minimum atomic E-state index is -0.118. The first-order chi connectivity index (χ1) is 13.5. The van der Waals surface area contributed by atoms with Crippen molar-refractivity contribution in [2.75, 3.05) is 32.5 Å². The van der Waals surface area contributed by atoms with Crippen LogP contribution in [-0.4, -0.2) is 62.8 Å². The van der Waals surface area contributed by atoms with Crippen LogP contribution in [0.25, 0.3) is 0 Å². The van der Waals surface area contributed by atoms with Gasteiger partial charge in [-0.3, -0.25) is 9.78 Å². The molecule has 28 heavy (non-hydrogen) atoms. The number of nitrogens with one attached hydrogen (secondary N) is 1. The van der Waals surface area contributed by atoms with E-state index in [9.17, 15) is 4.79 Å². The molecule has 1 unspecified atom stereocenters. The van der Waals surface area contributed by atoms with E-state index in [4.69, 9.17) is 0 Å². The van der Waals surface area contributed by atoms with E-state index in [0.29, 0.717) is 17.5 Å². The summed E-state index contributed by atoms with van der Waals surface area (Å²) in [5.74, 6) is 1.96. The van der Waals surface area contributed by atoms with Crippen molar-refractivity contribution in [2.45, 2.75) is 32.2 Å². The third-order valence-electron chi connectivity index (χ3n) is 4.51. The summed E-state index contributed by atoms with van der Waals surface area (Å²) in [6, 6.07) is 1.75. The highest BCUT2D eigenvalue weighted by atomic mass is 16.2. The molecule has 1 amide bonds. The van der Waals surface area contributed by atoms with E-state index in [2.05, 4.69) is 25.3 Å². The molecular formula is C20H27N7O. The molecular weight excluding hydrogens is 354 g/mol. The lowest BCUT2D eigenvalue weighted by molar-refractivity contribution is -0.129. The van der Waals surface area contributed by atoms with Gasteiger partial charge in [0.05, 0.1) is 12.2 Å². The van der Waals surface area contributed by atoms with Crippen molar-refractivity contribution in [2.24, 2.45) is 0 Å². The summed E-state index contributed by atoms with van der Waals surface area (Å²) in [6.45, 7) is 3.39. The Balaban J connectivity index is 1.81. The fourth-order valence-corrected chi connectivity index (χ4v) is 3.22. The van der Waals surface area contributed by atoms with Crippen molar-refractivity contribution in [1.29, 1.82) is 0 Å². The number of likely N-dealkylation sites (N-methyl/N-ethyl adjacent to an activating group) is 1. The number of piperidine rings is 1. The minimum Gasteiger partial charge on any atom is -0.329 e. The van der Waals surface area contributed by atoms with E-state index in [1.807, 2.05) is 43.0 Å². The zero-order valence-electron chi connectivity index (χ0n) is 16.7. The number of hydrogen-bond acceptors (Lipinski definition) is 7. The summed E-state index contributed by atoms with van der Waals surface area (Å²) in [7, 11) is 3.95. The van der Waals surface area contributed by atoms with Crippen LogP contribution >= 0.6 is 0 Å². The summed E-state index contributed by atoms with van der Waals surface area (Å²) in [5.41, 5.74) is 0.845. The molecule has 0 aromatic carbocycles. The maximum Gasteiger partial charge on any atom is 0.246 e. The van der Waals surface area contributed by atoms with Crippen molar-refractivity contribution < 1.29 is 4.79 Å². The molecule has 2 aromatic rings. The van der Waals surface area contributed by atoms with Gasteiger partial charge < -0.3 is 15.1 Å². The summed E-state index contributed by atoms with van der Waals surface area (Å²) in [4.78, 5) is 34.2. The van der Waals surface area contributed by atoms with Gasteiger partial charge in [0, 0.05) is 43.3 Å². The van der Waals surface area contributed by atoms with Gasteiger partial charge >= 0.3 is 0 Å². The smallest absolute Gasteiger partial charge is 0.246 e. The molecule has 0 aliphatic carbocycles. The zero-order chi connectivity index (χ0) is 19.9. The fourth-order valence-electron chi connectivity index (χ4n) is 3.22. The average molecular weight is 381 g/mol. The highest BCUT2D eigenvalue weighted by Gasteiger charge is 2.29. The largest absolute Gasteiger partial charge is 0.329 e. The van der Waals surface area contributed by atoms with Crippen LogP contribution in [0.3, 0.4) is 0 Å². The highest BCUT2D eigenvalue weighted by Crippen LogP contribution is 2.30. The van der Waals surface area contributed by atoms with Crippen molar-refractivity contribution >= 4 is 17.5 Å². The van der Waals surface area contributed by atoms with Crippen molar-refractivity contribution in [3.05, 3.63) is 48.3 Å². The van der Waals surface area contributed by atoms with Crippen LogP contribution < -0.4 is 5.32 Å². The van der Waals surface area contributed by atoms with Crippen LogP contribution in [-0.2, 0) is 4.79 Å². The van der Waals surface area contributed by atoms with Crippen LogP contribution in [0.1, 0.15) is 36.8 Å². The summed E-state index contributed by atoms with van der Waals surface area (Å²) in [6.07, 6.45) is 11.4. The van der Waals surface area contributed by atoms with E-state index < -0.39 is 0 Å². The van der Waals surface area contributed by atoms with Gasteiger partial charge in [-0.2, -0.15) is 0 Å². The number of nitrogens with zero attached hydrogens (tertiary/aromatic N) is 6. The lowest BCUT2D eigenvalue weighted by atomic mass is 10.0. The molecule has 0 spiro atoms. The van der Waals surface area contributed by atoms with Gasteiger partial charge in [0.1, 0.15) is 11.6 Å². The molecule has 8 nitrogen and oxygen atoms in total. The van der Waals surface area contributed by atoms with E-state index in [0.717, 1.165) is 38.0 Å². The average Bonchev–Trinajstić information content (AvgIpc) is 2.68. The lowest BCUT2D eigenvalue weighted by Gasteiger charge is -2.34. The van der Waals surface area contributed by atoms with E-state index in [1.165, 1.54) is 0 Å². The van der Waals surface area contributed by atoms with Gasteiger partial charge in [0.2, 0.25) is 5.91 Å². The molecule has 3 heterocycles. The second kappa shape index (κ2) is 9.36. The number of rotatable bonds is 6. The predicted molar refractivity (Wildman–Crippen MR) is 108 cm³/mol. The fraction of sp³-hybridized carbons (Fsp3) is 0.450. The number of anilines is 2. The number of likely N-dealkylation sites (tertiary alicyclic amines) is 1. The third-order valence-corrected chi connectivity index (χ3v) is 4.51. The Morgan fingerprint density at radius 1 is 1.29 bits per heavy atom. The molecule has 3 rings (SSSR count). The number of carbonyl (C=O) groups excluding carboxylic acids is 1. The monoisotopic (exact) mass is 381 g/mol. The maximum absolute atomic E-state index is 12.8. The zero-order valence-corrected chi connectivity index (χ0v) is 16.7. The molecule has 1 aliphatic rings. The minimum absolute atomic E-state index is 0.0140. The van der Waals surface area contributed by atoms with Gasteiger partial charge in [0.25, 0.3) is 0 Å². The maximum atomic E-state index is 12.8. The van der Waals surface area contributed by atoms with E-state index in [1.54, 1.807) is 24.7 Å². The second-order valence-corrected chi connectivity index (χ2v) is 7.18. The third kappa shape index (κ3) is 5.32. The number of carbonyl (C=O) groups is 1. The van der Waals surface area contributed by atoms with Crippen LogP contribution in [0, 0.1) is 6.92 Å². The Kier molecular flexibility index (Phi) is 6.65. The van der Waals surface area contributed by atoms with Crippen molar-refractivity contribution in [3.63, 3.8) is 0 Å². The van der Waals surface area contributed by atoms with Crippen molar-refractivity contribution in [1.82, 2.24) is 29.7 Å². The summed E-state index contributed by atoms with van der Waals surface area (Å²) < 4.78 is 0. The highest BCUT2D eigenvalue weighted by molar-refractivity contribution is 5.88. The molecule has 1 atom stereocenters. The molecule has 1 N–H and O–H groups in total. The summed E-state index contributed by atoms with van der Waals surface area (Å²) in [5, 5.41) is 3.17. The number of hydrogen-bond donors (Lipinski definition) is 1. The number of aryl methyl sites for hydroxylation is 1. The van der Waals surface area contributed by atoms with Gasteiger partial charge in [-0.05, 0) is 40.3 Å². The molecule has 8 heteroatoms. The van der Waals surface area contributed by atoms with Crippen LogP contribution in [0.5, 0.6) is 0 Å². The topological polar surface area (TPSA) is 87.1 Å². The lowest BCUT2D eigenvalue weighted by Crippen LogP contribution is -2.38. The number of amides is 1. The molecule has 1 aliphatic heterocycles. The van der Waals surface area contributed by atoms with Crippen LogP contribution in [0.15, 0.2) is 36.8 Å². The quantitative estimate of drug-likeness (QED) is 0.769. The van der Waals surface area contributed by atoms with Gasteiger partial charge in [-0.15, -0.1) is 0 Å². The molecule has 0 radical (unpaired) electrons. The molecule has 0 bridgehead atoms. The summed E-state index contributed by atoms with van der Waals surface area (Å²) >= 11 is 0. The second-order valence-electron chi connectivity index (χ2n) is 7.18. The Labute approximate surface area is 165 Å². The Morgan fingerprint density at radius 2 is 2.14 bits per heavy atom.